The number of aliphatic imine (C=N–C) groups is 1. The molecule has 0 radical (unpaired) electrons. The van der Waals surface area contributed by atoms with Crippen molar-refractivity contribution >= 4 is 11.9 Å². The lowest BCUT2D eigenvalue weighted by Gasteiger charge is -1.91. The van der Waals surface area contributed by atoms with E-state index in [-0.39, 0.29) is 0 Å². The number of rotatable bonds is 2. The van der Waals surface area contributed by atoms with Gasteiger partial charge in [0.25, 0.3) is 0 Å². The highest BCUT2D eigenvalue weighted by molar-refractivity contribution is 5.79. The third-order valence-corrected chi connectivity index (χ3v) is 1.70. The lowest BCUT2D eigenvalue weighted by atomic mass is 10.4. The summed E-state index contributed by atoms with van der Waals surface area (Å²) in [6.07, 6.45) is 6.90. The van der Waals surface area contributed by atoms with E-state index in [1.54, 1.807) is 24.8 Å². The zero-order valence-electron chi connectivity index (χ0n) is 7.54. The van der Waals surface area contributed by atoms with E-state index in [2.05, 4.69) is 15.0 Å². The highest BCUT2D eigenvalue weighted by Crippen LogP contribution is 2.07. The van der Waals surface area contributed by atoms with Crippen molar-refractivity contribution in [2.45, 2.75) is 0 Å². The lowest BCUT2D eigenvalue weighted by Crippen LogP contribution is -1.83. The van der Waals surface area contributed by atoms with Crippen molar-refractivity contribution in [2.75, 3.05) is 0 Å². The summed E-state index contributed by atoms with van der Waals surface area (Å²) in [6, 6.07) is 9.41. The molecule has 3 heteroatoms. The molecule has 0 aliphatic heterocycles. The molecular formula is C11H9N3. The lowest BCUT2D eigenvalue weighted by molar-refractivity contribution is 1.29. The highest BCUT2D eigenvalue weighted by atomic mass is 14.8. The van der Waals surface area contributed by atoms with Crippen LogP contribution in [0.4, 0.5) is 5.69 Å². The van der Waals surface area contributed by atoms with Crippen LogP contribution in [0.3, 0.4) is 0 Å². The molecule has 0 aromatic carbocycles. The molecular weight excluding hydrogens is 174 g/mol. The first-order chi connectivity index (χ1) is 6.95. The quantitative estimate of drug-likeness (QED) is 0.669. The molecule has 0 atom stereocenters. The van der Waals surface area contributed by atoms with Gasteiger partial charge in [-0.3, -0.25) is 15.0 Å². The maximum atomic E-state index is 4.25. The summed E-state index contributed by atoms with van der Waals surface area (Å²) in [6.45, 7) is 0. The standard InChI is InChI=1S/C11H9N3/c1-2-6-13-11(3-1)9-14-10-4-7-12-8-5-10/h1-9H. The van der Waals surface area contributed by atoms with Crippen LogP contribution in [-0.4, -0.2) is 16.2 Å². The van der Waals surface area contributed by atoms with Crippen molar-refractivity contribution in [1.82, 2.24) is 9.97 Å². The maximum Gasteiger partial charge on any atom is 0.0812 e. The fraction of sp³-hybridized carbons (Fsp3) is 0. The number of nitrogens with zero attached hydrogens (tertiary/aromatic N) is 3. The molecule has 68 valence electrons. The molecule has 0 amide bonds. The molecule has 2 heterocycles. The first kappa shape index (κ1) is 8.56. The second-order valence-corrected chi connectivity index (χ2v) is 2.72. The van der Waals surface area contributed by atoms with E-state index in [4.69, 9.17) is 0 Å². The largest absolute Gasteiger partial charge is 0.265 e. The van der Waals surface area contributed by atoms with E-state index < -0.39 is 0 Å². The van der Waals surface area contributed by atoms with Crippen LogP contribution >= 0.6 is 0 Å². The minimum absolute atomic E-state index is 0.851. The fourth-order valence-electron chi connectivity index (χ4n) is 1.02. The third kappa shape index (κ3) is 2.23. The van der Waals surface area contributed by atoms with Crippen LogP contribution in [0.15, 0.2) is 53.9 Å². The van der Waals surface area contributed by atoms with E-state index in [9.17, 15) is 0 Å². The van der Waals surface area contributed by atoms with Crippen LogP contribution in [-0.2, 0) is 0 Å². The minimum Gasteiger partial charge on any atom is -0.265 e. The minimum atomic E-state index is 0.851. The van der Waals surface area contributed by atoms with Crippen molar-refractivity contribution in [3.05, 3.63) is 54.6 Å². The van der Waals surface area contributed by atoms with Crippen LogP contribution in [0.25, 0.3) is 0 Å². The SMILES string of the molecule is C(=Nc1ccncc1)c1ccccn1. The fourth-order valence-corrected chi connectivity index (χ4v) is 1.02. The molecule has 3 nitrogen and oxygen atoms in total. The van der Waals surface area contributed by atoms with Gasteiger partial charge in [0.05, 0.1) is 17.6 Å². The Balaban J connectivity index is 2.16. The second-order valence-electron chi connectivity index (χ2n) is 2.72. The molecule has 0 spiro atoms. The topological polar surface area (TPSA) is 38.1 Å². The van der Waals surface area contributed by atoms with E-state index in [0.717, 1.165) is 11.4 Å². The Morgan fingerprint density at radius 3 is 2.57 bits per heavy atom. The monoisotopic (exact) mass is 183 g/mol. The van der Waals surface area contributed by atoms with Gasteiger partial charge in [-0.2, -0.15) is 0 Å². The molecule has 0 bridgehead atoms. The Kier molecular flexibility index (Phi) is 2.62. The van der Waals surface area contributed by atoms with E-state index in [1.165, 1.54) is 0 Å². The van der Waals surface area contributed by atoms with Gasteiger partial charge in [0.15, 0.2) is 0 Å². The number of hydrogen-bond donors (Lipinski definition) is 0. The predicted molar refractivity (Wildman–Crippen MR) is 55.7 cm³/mol. The van der Waals surface area contributed by atoms with Crippen LogP contribution in [0.5, 0.6) is 0 Å². The van der Waals surface area contributed by atoms with Gasteiger partial charge in [0.2, 0.25) is 0 Å². The van der Waals surface area contributed by atoms with Crippen molar-refractivity contribution in [3.8, 4) is 0 Å². The maximum absolute atomic E-state index is 4.25. The molecule has 2 aromatic heterocycles. The Morgan fingerprint density at radius 1 is 1.00 bits per heavy atom. The summed E-state index contributed by atoms with van der Waals surface area (Å²) in [5.74, 6) is 0. The van der Waals surface area contributed by atoms with Gasteiger partial charge >= 0.3 is 0 Å². The molecule has 0 saturated heterocycles. The second kappa shape index (κ2) is 4.28. The van der Waals surface area contributed by atoms with Gasteiger partial charge < -0.3 is 0 Å². The molecule has 0 fully saturated rings. The number of hydrogen-bond acceptors (Lipinski definition) is 3. The van der Waals surface area contributed by atoms with Crippen LogP contribution in [0.2, 0.25) is 0 Å². The Morgan fingerprint density at radius 2 is 1.86 bits per heavy atom. The van der Waals surface area contributed by atoms with Crippen molar-refractivity contribution in [3.63, 3.8) is 0 Å². The van der Waals surface area contributed by atoms with E-state index in [0.29, 0.717) is 0 Å². The molecule has 0 aliphatic carbocycles. The smallest absolute Gasteiger partial charge is 0.0812 e. The van der Waals surface area contributed by atoms with Crippen molar-refractivity contribution in [1.29, 1.82) is 0 Å². The molecule has 14 heavy (non-hydrogen) atoms. The van der Waals surface area contributed by atoms with Gasteiger partial charge in [-0.15, -0.1) is 0 Å². The Bertz CT molecular complexity index is 368. The van der Waals surface area contributed by atoms with Gasteiger partial charge in [-0.25, -0.2) is 0 Å². The molecule has 0 saturated carbocycles. The van der Waals surface area contributed by atoms with Crippen LogP contribution in [0, 0.1) is 0 Å². The molecule has 0 N–H and O–H groups in total. The van der Waals surface area contributed by atoms with Crippen LogP contribution < -0.4 is 0 Å². The summed E-state index contributed by atoms with van der Waals surface area (Å²) in [4.78, 5) is 12.3. The first-order valence-corrected chi connectivity index (χ1v) is 4.30. The zero-order chi connectivity index (χ0) is 9.64. The van der Waals surface area contributed by atoms with Crippen LogP contribution in [0.1, 0.15) is 5.69 Å². The average molecular weight is 183 g/mol. The van der Waals surface area contributed by atoms with Gasteiger partial charge in [-0.1, -0.05) is 6.07 Å². The molecule has 0 unspecified atom stereocenters. The molecule has 0 aliphatic rings. The van der Waals surface area contributed by atoms with E-state index >= 15 is 0 Å². The van der Waals surface area contributed by atoms with Crippen molar-refractivity contribution in [2.24, 2.45) is 4.99 Å². The number of pyridine rings is 2. The Labute approximate surface area is 82.2 Å². The highest BCUT2D eigenvalue weighted by Gasteiger charge is 1.86. The molecule has 2 aromatic rings. The first-order valence-electron chi connectivity index (χ1n) is 4.30. The summed E-state index contributed by atoms with van der Waals surface area (Å²) in [5, 5.41) is 0. The number of aromatic nitrogens is 2. The Hall–Kier alpha value is -2.03. The summed E-state index contributed by atoms with van der Waals surface area (Å²) in [7, 11) is 0. The van der Waals surface area contributed by atoms with E-state index in [1.807, 2.05) is 30.3 Å². The van der Waals surface area contributed by atoms with Crippen molar-refractivity contribution < 1.29 is 0 Å². The predicted octanol–water partition coefficient (Wildman–Crippen LogP) is 2.23. The van der Waals surface area contributed by atoms with Gasteiger partial charge in [0.1, 0.15) is 0 Å². The normalized spacial score (nSPS) is 10.6. The zero-order valence-corrected chi connectivity index (χ0v) is 7.54. The third-order valence-electron chi connectivity index (χ3n) is 1.70. The average Bonchev–Trinajstić information content (AvgIpc) is 2.29. The summed E-state index contributed by atoms with van der Waals surface area (Å²) in [5.41, 5.74) is 1.73. The molecule has 2 rings (SSSR count). The van der Waals surface area contributed by atoms with Gasteiger partial charge in [-0.05, 0) is 24.3 Å². The summed E-state index contributed by atoms with van der Waals surface area (Å²) >= 11 is 0. The van der Waals surface area contributed by atoms with Gasteiger partial charge in [0, 0.05) is 18.6 Å². The summed E-state index contributed by atoms with van der Waals surface area (Å²) < 4.78 is 0.